The van der Waals surface area contributed by atoms with Crippen LogP contribution in [0.15, 0.2) is 12.5 Å². The molecule has 2 heterocycles. The van der Waals surface area contributed by atoms with E-state index in [1.54, 1.807) is 17.8 Å². The molecule has 0 amide bonds. The van der Waals surface area contributed by atoms with Gasteiger partial charge in [-0.05, 0) is 13.8 Å². The predicted molar refractivity (Wildman–Crippen MR) is 70.8 cm³/mol. The molecule has 0 aliphatic heterocycles. The van der Waals surface area contributed by atoms with Gasteiger partial charge in [0.15, 0.2) is 5.65 Å². The third kappa shape index (κ3) is 2.64. The van der Waals surface area contributed by atoms with Crippen molar-refractivity contribution in [2.24, 2.45) is 7.05 Å². The molecule has 2 aromatic rings. The van der Waals surface area contributed by atoms with Crippen molar-refractivity contribution >= 4 is 22.8 Å². The molecule has 0 aromatic carbocycles. The van der Waals surface area contributed by atoms with Gasteiger partial charge in [-0.3, -0.25) is 9.48 Å². The number of ether oxygens (including phenoxy) is 1. The standard InChI is InChI=1S/C12H17N5O2/c1-4-17(7-10(18)19-5-2)12-9-6-15-16(3)11(9)13-8-14-12/h6,8H,4-5,7H2,1-3H3. The van der Waals surface area contributed by atoms with E-state index in [1.807, 2.05) is 18.9 Å². The molecule has 0 aliphatic carbocycles. The van der Waals surface area contributed by atoms with Gasteiger partial charge in [0.1, 0.15) is 18.7 Å². The van der Waals surface area contributed by atoms with Crippen LogP contribution >= 0.6 is 0 Å². The van der Waals surface area contributed by atoms with E-state index in [2.05, 4.69) is 15.1 Å². The molecule has 0 saturated carbocycles. The number of likely N-dealkylation sites (N-methyl/N-ethyl adjacent to an activating group) is 1. The highest BCUT2D eigenvalue weighted by molar-refractivity contribution is 5.88. The van der Waals surface area contributed by atoms with E-state index < -0.39 is 0 Å². The second-order valence-electron chi connectivity index (χ2n) is 4.02. The van der Waals surface area contributed by atoms with Crippen LogP contribution in [0.2, 0.25) is 0 Å². The van der Waals surface area contributed by atoms with Gasteiger partial charge in [0.05, 0.1) is 18.2 Å². The van der Waals surface area contributed by atoms with Gasteiger partial charge in [-0.2, -0.15) is 5.10 Å². The molecule has 102 valence electrons. The van der Waals surface area contributed by atoms with Gasteiger partial charge in [0, 0.05) is 13.6 Å². The summed E-state index contributed by atoms with van der Waals surface area (Å²) in [4.78, 5) is 21.9. The molecule has 0 fully saturated rings. The Morgan fingerprint density at radius 2 is 2.21 bits per heavy atom. The average Bonchev–Trinajstić information content (AvgIpc) is 2.78. The molecule has 0 bridgehead atoms. The molecule has 19 heavy (non-hydrogen) atoms. The van der Waals surface area contributed by atoms with Crippen LogP contribution in [0.25, 0.3) is 11.0 Å². The number of aryl methyl sites for hydroxylation is 1. The fourth-order valence-electron chi connectivity index (χ4n) is 1.90. The molecule has 0 saturated heterocycles. The summed E-state index contributed by atoms with van der Waals surface area (Å²) >= 11 is 0. The van der Waals surface area contributed by atoms with Crippen LogP contribution in [0.5, 0.6) is 0 Å². The summed E-state index contributed by atoms with van der Waals surface area (Å²) in [7, 11) is 1.82. The number of carbonyl (C=O) groups excluding carboxylic acids is 1. The zero-order valence-corrected chi connectivity index (χ0v) is 11.3. The summed E-state index contributed by atoms with van der Waals surface area (Å²) in [5.74, 6) is 0.439. The Balaban J connectivity index is 2.32. The van der Waals surface area contributed by atoms with E-state index in [-0.39, 0.29) is 12.5 Å². The topological polar surface area (TPSA) is 73.1 Å². The molecule has 7 heteroatoms. The molecular weight excluding hydrogens is 246 g/mol. The molecule has 0 spiro atoms. The Bertz CT molecular complexity index is 581. The van der Waals surface area contributed by atoms with Crippen LogP contribution in [-0.2, 0) is 16.6 Å². The first-order valence-electron chi connectivity index (χ1n) is 6.20. The monoisotopic (exact) mass is 263 g/mol. The number of esters is 1. The van der Waals surface area contributed by atoms with Crippen LogP contribution in [0.4, 0.5) is 5.82 Å². The van der Waals surface area contributed by atoms with Crippen molar-refractivity contribution < 1.29 is 9.53 Å². The van der Waals surface area contributed by atoms with Crippen molar-refractivity contribution in [3.63, 3.8) is 0 Å². The van der Waals surface area contributed by atoms with E-state index >= 15 is 0 Å². The second kappa shape index (κ2) is 5.64. The lowest BCUT2D eigenvalue weighted by Crippen LogP contribution is -2.31. The molecule has 0 radical (unpaired) electrons. The highest BCUT2D eigenvalue weighted by Crippen LogP contribution is 2.21. The first-order valence-corrected chi connectivity index (χ1v) is 6.20. The summed E-state index contributed by atoms with van der Waals surface area (Å²) in [5, 5.41) is 4.99. The maximum Gasteiger partial charge on any atom is 0.325 e. The quantitative estimate of drug-likeness (QED) is 0.741. The van der Waals surface area contributed by atoms with Crippen LogP contribution in [0.1, 0.15) is 13.8 Å². The fourth-order valence-corrected chi connectivity index (χ4v) is 1.90. The highest BCUT2D eigenvalue weighted by atomic mass is 16.5. The molecule has 7 nitrogen and oxygen atoms in total. The summed E-state index contributed by atoms with van der Waals surface area (Å²) in [6, 6.07) is 0. The number of fused-ring (bicyclic) bond motifs is 1. The lowest BCUT2D eigenvalue weighted by molar-refractivity contribution is -0.141. The van der Waals surface area contributed by atoms with E-state index in [4.69, 9.17) is 4.74 Å². The van der Waals surface area contributed by atoms with Crippen LogP contribution in [0.3, 0.4) is 0 Å². The van der Waals surface area contributed by atoms with Crippen molar-refractivity contribution in [1.82, 2.24) is 19.7 Å². The SMILES string of the molecule is CCOC(=O)CN(CC)c1ncnc2c1cnn2C. The molecule has 0 atom stereocenters. The summed E-state index contributed by atoms with van der Waals surface area (Å²) in [6.45, 7) is 4.95. The highest BCUT2D eigenvalue weighted by Gasteiger charge is 2.16. The third-order valence-electron chi connectivity index (χ3n) is 2.81. The zero-order valence-electron chi connectivity index (χ0n) is 11.3. The summed E-state index contributed by atoms with van der Waals surface area (Å²) < 4.78 is 6.65. The number of nitrogens with zero attached hydrogens (tertiary/aromatic N) is 5. The Morgan fingerprint density at radius 3 is 2.89 bits per heavy atom. The minimum atomic E-state index is -0.264. The number of rotatable bonds is 5. The van der Waals surface area contributed by atoms with E-state index in [9.17, 15) is 4.79 Å². The van der Waals surface area contributed by atoms with E-state index in [0.717, 1.165) is 11.0 Å². The summed E-state index contributed by atoms with van der Waals surface area (Å²) in [6.07, 6.45) is 3.19. The fraction of sp³-hybridized carbons (Fsp3) is 0.500. The molecular formula is C12H17N5O2. The number of aromatic nitrogens is 4. The van der Waals surface area contributed by atoms with Crippen molar-refractivity contribution in [1.29, 1.82) is 0 Å². The molecule has 0 unspecified atom stereocenters. The Morgan fingerprint density at radius 1 is 1.42 bits per heavy atom. The predicted octanol–water partition coefficient (Wildman–Crippen LogP) is 0.753. The number of carbonyl (C=O) groups is 1. The minimum Gasteiger partial charge on any atom is -0.465 e. The third-order valence-corrected chi connectivity index (χ3v) is 2.81. The lowest BCUT2D eigenvalue weighted by atomic mass is 10.3. The lowest BCUT2D eigenvalue weighted by Gasteiger charge is -2.20. The van der Waals surface area contributed by atoms with Crippen LogP contribution < -0.4 is 4.90 Å². The molecule has 0 N–H and O–H groups in total. The van der Waals surface area contributed by atoms with Gasteiger partial charge in [-0.1, -0.05) is 0 Å². The second-order valence-corrected chi connectivity index (χ2v) is 4.02. The number of hydrogen-bond acceptors (Lipinski definition) is 6. The zero-order chi connectivity index (χ0) is 13.8. The normalized spacial score (nSPS) is 10.7. The Labute approximate surface area is 111 Å². The van der Waals surface area contributed by atoms with Crippen molar-refractivity contribution in [2.45, 2.75) is 13.8 Å². The van der Waals surface area contributed by atoms with Gasteiger partial charge in [0.2, 0.25) is 0 Å². The Kier molecular flexibility index (Phi) is 3.94. The van der Waals surface area contributed by atoms with Crippen LogP contribution in [0, 0.1) is 0 Å². The maximum absolute atomic E-state index is 11.6. The van der Waals surface area contributed by atoms with Gasteiger partial charge < -0.3 is 9.64 Å². The van der Waals surface area contributed by atoms with Gasteiger partial charge in [-0.25, -0.2) is 9.97 Å². The van der Waals surface area contributed by atoms with Gasteiger partial charge in [0.25, 0.3) is 0 Å². The van der Waals surface area contributed by atoms with Crippen molar-refractivity contribution in [3.05, 3.63) is 12.5 Å². The maximum atomic E-state index is 11.6. The van der Waals surface area contributed by atoms with Crippen molar-refractivity contribution in [2.75, 3.05) is 24.6 Å². The first-order chi connectivity index (χ1) is 9.17. The average molecular weight is 263 g/mol. The van der Waals surface area contributed by atoms with Gasteiger partial charge in [-0.15, -0.1) is 0 Å². The number of anilines is 1. The summed E-state index contributed by atoms with van der Waals surface area (Å²) in [5.41, 5.74) is 0.743. The Hall–Kier alpha value is -2.18. The first kappa shape index (κ1) is 13.3. The van der Waals surface area contributed by atoms with E-state index in [1.165, 1.54) is 6.33 Å². The van der Waals surface area contributed by atoms with Crippen LogP contribution in [-0.4, -0.2) is 45.4 Å². The largest absolute Gasteiger partial charge is 0.465 e. The van der Waals surface area contributed by atoms with E-state index in [0.29, 0.717) is 19.0 Å². The number of hydrogen-bond donors (Lipinski definition) is 0. The molecule has 0 aliphatic rings. The molecule has 2 aromatic heterocycles. The smallest absolute Gasteiger partial charge is 0.325 e. The molecule has 2 rings (SSSR count). The van der Waals surface area contributed by atoms with Gasteiger partial charge >= 0.3 is 5.97 Å². The van der Waals surface area contributed by atoms with Crippen molar-refractivity contribution in [3.8, 4) is 0 Å². The minimum absolute atomic E-state index is 0.172.